The zero-order valence-corrected chi connectivity index (χ0v) is 13.6. The minimum Gasteiger partial charge on any atom is -0.491 e. The van der Waals surface area contributed by atoms with Gasteiger partial charge >= 0.3 is 5.97 Å². The van der Waals surface area contributed by atoms with Crippen LogP contribution in [0, 0.1) is 5.82 Å². The Balaban J connectivity index is 1.87. The number of ether oxygens (including phenoxy) is 2. The molecule has 0 aromatic heterocycles. The number of rotatable bonds is 7. The molecule has 0 aliphatic heterocycles. The standard InChI is InChI=1S/C19H19FO4/c1-13(2)24-17-5-3-4-14(10-17)11-19(22)23-12-18(21)15-6-8-16(20)9-7-15/h3-10,13H,11-12H2,1-2H3. The monoisotopic (exact) mass is 330 g/mol. The Hall–Kier alpha value is -2.69. The molecule has 0 saturated carbocycles. The number of halogens is 1. The lowest BCUT2D eigenvalue weighted by Gasteiger charge is -2.10. The fraction of sp³-hybridized carbons (Fsp3) is 0.263. The van der Waals surface area contributed by atoms with Gasteiger partial charge in [-0.25, -0.2) is 4.39 Å². The summed E-state index contributed by atoms with van der Waals surface area (Å²) in [5.74, 6) is -0.628. The molecule has 0 radical (unpaired) electrons. The predicted molar refractivity (Wildman–Crippen MR) is 87.6 cm³/mol. The first-order chi connectivity index (χ1) is 11.4. The van der Waals surface area contributed by atoms with Crippen molar-refractivity contribution in [3.05, 3.63) is 65.5 Å². The van der Waals surface area contributed by atoms with E-state index in [0.29, 0.717) is 11.3 Å². The van der Waals surface area contributed by atoms with E-state index in [-0.39, 0.29) is 24.9 Å². The molecule has 0 amide bonds. The van der Waals surface area contributed by atoms with Crippen LogP contribution in [0.3, 0.4) is 0 Å². The van der Waals surface area contributed by atoms with E-state index >= 15 is 0 Å². The quantitative estimate of drug-likeness (QED) is 0.575. The van der Waals surface area contributed by atoms with Crippen molar-refractivity contribution in [2.24, 2.45) is 0 Å². The maximum absolute atomic E-state index is 12.8. The Morgan fingerprint density at radius 2 is 1.79 bits per heavy atom. The molecule has 0 fully saturated rings. The molecule has 0 aliphatic rings. The normalized spacial score (nSPS) is 10.5. The molecule has 0 unspecified atom stereocenters. The van der Waals surface area contributed by atoms with Crippen LogP contribution in [0.15, 0.2) is 48.5 Å². The van der Waals surface area contributed by atoms with E-state index in [1.54, 1.807) is 18.2 Å². The summed E-state index contributed by atoms with van der Waals surface area (Å²) in [5.41, 5.74) is 1.05. The number of hydrogen-bond acceptors (Lipinski definition) is 4. The molecular formula is C19H19FO4. The summed E-state index contributed by atoms with van der Waals surface area (Å²) in [5, 5.41) is 0. The molecular weight excluding hydrogens is 311 g/mol. The van der Waals surface area contributed by atoms with Crippen LogP contribution in [-0.2, 0) is 16.0 Å². The van der Waals surface area contributed by atoms with Crippen molar-refractivity contribution < 1.29 is 23.5 Å². The smallest absolute Gasteiger partial charge is 0.310 e. The first-order valence-corrected chi connectivity index (χ1v) is 7.64. The third-order valence-electron chi connectivity index (χ3n) is 3.15. The summed E-state index contributed by atoms with van der Waals surface area (Å²) in [6, 6.07) is 12.3. The molecule has 0 aliphatic carbocycles. The summed E-state index contributed by atoms with van der Waals surface area (Å²) in [6.07, 6.45) is 0.0898. The van der Waals surface area contributed by atoms with Crippen LogP contribution in [0.25, 0.3) is 0 Å². The molecule has 0 saturated heterocycles. The molecule has 24 heavy (non-hydrogen) atoms. The SMILES string of the molecule is CC(C)Oc1cccc(CC(=O)OCC(=O)c2ccc(F)cc2)c1. The molecule has 0 heterocycles. The van der Waals surface area contributed by atoms with E-state index in [2.05, 4.69) is 0 Å². The predicted octanol–water partition coefficient (Wildman–Crippen LogP) is 3.58. The molecule has 2 aromatic carbocycles. The summed E-state index contributed by atoms with van der Waals surface area (Å²) < 4.78 is 23.4. The van der Waals surface area contributed by atoms with Crippen molar-refractivity contribution in [3.63, 3.8) is 0 Å². The number of carbonyl (C=O) groups is 2. The van der Waals surface area contributed by atoms with Crippen LogP contribution >= 0.6 is 0 Å². The van der Waals surface area contributed by atoms with Crippen LogP contribution in [0.2, 0.25) is 0 Å². The van der Waals surface area contributed by atoms with Gasteiger partial charge in [0.15, 0.2) is 12.4 Å². The lowest BCUT2D eigenvalue weighted by Crippen LogP contribution is -2.15. The Labute approximate surface area is 140 Å². The first kappa shape index (κ1) is 17.7. The molecule has 2 rings (SSSR count). The van der Waals surface area contributed by atoms with Crippen LogP contribution in [-0.4, -0.2) is 24.5 Å². The van der Waals surface area contributed by atoms with Gasteiger partial charge in [0.25, 0.3) is 0 Å². The third-order valence-corrected chi connectivity index (χ3v) is 3.15. The third kappa shape index (κ3) is 5.50. The lowest BCUT2D eigenvalue weighted by molar-refractivity contribution is -0.141. The van der Waals surface area contributed by atoms with Gasteiger partial charge < -0.3 is 9.47 Å². The van der Waals surface area contributed by atoms with Gasteiger partial charge in [0.1, 0.15) is 11.6 Å². The van der Waals surface area contributed by atoms with Crippen molar-refractivity contribution >= 4 is 11.8 Å². The van der Waals surface area contributed by atoms with Gasteiger partial charge in [-0.15, -0.1) is 0 Å². The first-order valence-electron chi connectivity index (χ1n) is 7.64. The van der Waals surface area contributed by atoms with Crippen molar-refractivity contribution in [2.75, 3.05) is 6.61 Å². The lowest BCUT2D eigenvalue weighted by atomic mass is 10.1. The second-order valence-corrected chi connectivity index (χ2v) is 5.58. The Morgan fingerprint density at radius 3 is 2.46 bits per heavy atom. The van der Waals surface area contributed by atoms with Crippen LogP contribution in [0.4, 0.5) is 4.39 Å². The summed E-state index contributed by atoms with van der Waals surface area (Å²) in [4.78, 5) is 23.7. The second kappa shape index (κ2) is 8.24. The zero-order chi connectivity index (χ0) is 17.5. The Bertz CT molecular complexity index is 708. The van der Waals surface area contributed by atoms with Crippen LogP contribution in [0.5, 0.6) is 5.75 Å². The van der Waals surface area contributed by atoms with Gasteiger partial charge in [-0.3, -0.25) is 9.59 Å². The van der Waals surface area contributed by atoms with Gasteiger partial charge in [-0.05, 0) is 55.8 Å². The van der Waals surface area contributed by atoms with Crippen molar-refractivity contribution in [1.82, 2.24) is 0 Å². The highest BCUT2D eigenvalue weighted by Crippen LogP contribution is 2.15. The second-order valence-electron chi connectivity index (χ2n) is 5.58. The van der Waals surface area contributed by atoms with Gasteiger partial charge in [0.2, 0.25) is 0 Å². The van der Waals surface area contributed by atoms with Crippen LogP contribution in [0.1, 0.15) is 29.8 Å². The van der Waals surface area contributed by atoms with Gasteiger partial charge in [0.05, 0.1) is 12.5 Å². The fourth-order valence-electron chi connectivity index (χ4n) is 2.08. The molecule has 0 N–H and O–H groups in total. The Kier molecular flexibility index (Phi) is 6.07. The van der Waals surface area contributed by atoms with Crippen molar-refractivity contribution in [3.8, 4) is 5.75 Å². The number of benzene rings is 2. The topological polar surface area (TPSA) is 52.6 Å². The Morgan fingerprint density at radius 1 is 1.08 bits per heavy atom. The molecule has 126 valence electrons. The highest BCUT2D eigenvalue weighted by molar-refractivity contribution is 5.97. The molecule has 0 spiro atoms. The molecule has 2 aromatic rings. The molecule has 0 bridgehead atoms. The van der Waals surface area contributed by atoms with E-state index in [1.165, 1.54) is 24.3 Å². The van der Waals surface area contributed by atoms with Crippen molar-refractivity contribution in [1.29, 1.82) is 0 Å². The highest BCUT2D eigenvalue weighted by Gasteiger charge is 2.11. The van der Waals surface area contributed by atoms with Gasteiger partial charge in [-0.2, -0.15) is 0 Å². The highest BCUT2D eigenvalue weighted by atomic mass is 19.1. The number of esters is 1. The molecule has 0 atom stereocenters. The van der Waals surface area contributed by atoms with E-state index < -0.39 is 11.8 Å². The minimum absolute atomic E-state index is 0.0422. The van der Waals surface area contributed by atoms with E-state index in [4.69, 9.17) is 9.47 Å². The fourth-order valence-corrected chi connectivity index (χ4v) is 2.08. The molecule has 4 nitrogen and oxygen atoms in total. The zero-order valence-electron chi connectivity index (χ0n) is 13.6. The van der Waals surface area contributed by atoms with E-state index in [0.717, 1.165) is 5.56 Å². The maximum atomic E-state index is 12.8. The largest absolute Gasteiger partial charge is 0.491 e. The number of carbonyl (C=O) groups excluding carboxylic acids is 2. The minimum atomic E-state index is -0.507. The average molecular weight is 330 g/mol. The van der Waals surface area contributed by atoms with Crippen molar-refractivity contribution in [2.45, 2.75) is 26.4 Å². The van der Waals surface area contributed by atoms with Gasteiger partial charge in [0, 0.05) is 5.56 Å². The summed E-state index contributed by atoms with van der Waals surface area (Å²) >= 11 is 0. The average Bonchev–Trinajstić information content (AvgIpc) is 2.53. The maximum Gasteiger partial charge on any atom is 0.310 e. The number of hydrogen-bond donors (Lipinski definition) is 0. The van der Waals surface area contributed by atoms with Gasteiger partial charge in [-0.1, -0.05) is 12.1 Å². The molecule has 5 heteroatoms. The van der Waals surface area contributed by atoms with E-state index in [1.807, 2.05) is 19.9 Å². The summed E-state index contributed by atoms with van der Waals surface area (Å²) in [7, 11) is 0. The number of ketones is 1. The van der Waals surface area contributed by atoms with Crippen LogP contribution < -0.4 is 4.74 Å². The summed E-state index contributed by atoms with van der Waals surface area (Å²) in [6.45, 7) is 3.47. The van der Waals surface area contributed by atoms with E-state index in [9.17, 15) is 14.0 Å². The number of Topliss-reactive ketones (excluding diaryl/α,β-unsaturated/α-hetero) is 1.